The number of pyridine rings is 1. The molecule has 2 aliphatic heterocycles. The molecule has 150 valence electrons. The van der Waals surface area contributed by atoms with Crippen molar-refractivity contribution in [3.63, 3.8) is 0 Å². The molecule has 2 atom stereocenters. The van der Waals surface area contributed by atoms with Crippen LogP contribution in [0.25, 0.3) is 11.3 Å². The Labute approximate surface area is 186 Å². The molecule has 28 heavy (non-hydrogen) atoms. The van der Waals surface area contributed by atoms with E-state index < -0.39 is 12.0 Å². The van der Waals surface area contributed by atoms with E-state index in [4.69, 9.17) is 5.73 Å². The van der Waals surface area contributed by atoms with Gasteiger partial charge >= 0.3 is 5.97 Å². The molecule has 0 radical (unpaired) electrons. The molecule has 0 unspecified atom stereocenters. The normalized spacial score (nSPS) is 20.6. The number of nitrogens with zero attached hydrogens (tertiary/aromatic N) is 3. The van der Waals surface area contributed by atoms with Crippen LogP contribution in [-0.4, -0.2) is 44.0 Å². The summed E-state index contributed by atoms with van der Waals surface area (Å²) in [4.78, 5) is 30.2. The average molecular weight is 479 g/mol. The molecule has 1 saturated heterocycles. The minimum Gasteiger partial charge on any atom is -1.00 e. The fourth-order valence-electron chi connectivity index (χ4n) is 2.78. The number of aryl methyl sites for hydroxylation is 1. The zero-order valence-corrected chi connectivity index (χ0v) is 18.5. The van der Waals surface area contributed by atoms with Crippen LogP contribution in [0.3, 0.4) is 0 Å². The second-order valence-electron chi connectivity index (χ2n) is 5.87. The SMILES string of the molecule is C[n+]1ccc(-c2csc(SC3=C(C(=O)O)N4C(=O)[C@@H](N)[C@H]4SC3)n2)cc1.Cl.[Cl-]. The van der Waals surface area contributed by atoms with Crippen LogP contribution < -0.4 is 22.7 Å². The highest BCUT2D eigenvalue weighted by Gasteiger charge is 2.52. The third kappa shape index (κ3) is 4.03. The molecule has 2 aromatic heterocycles. The molecule has 1 fully saturated rings. The van der Waals surface area contributed by atoms with Gasteiger partial charge in [-0.15, -0.1) is 35.5 Å². The number of hydrogen-bond donors (Lipinski definition) is 2. The summed E-state index contributed by atoms with van der Waals surface area (Å²) in [6.07, 6.45) is 3.90. The highest BCUT2D eigenvalue weighted by Crippen LogP contribution is 2.45. The number of hydrogen-bond acceptors (Lipinski definition) is 7. The van der Waals surface area contributed by atoms with Crippen LogP contribution in [0.1, 0.15) is 0 Å². The maximum absolute atomic E-state index is 12.0. The van der Waals surface area contributed by atoms with Crippen LogP contribution in [0.15, 0.2) is 44.8 Å². The third-order valence-electron chi connectivity index (χ3n) is 4.14. The van der Waals surface area contributed by atoms with Gasteiger partial charge in [0.2, 0.25) is 5.91 Å². The van der Waals surface area contributed by atoms with Crippen molar-refractivity contribution in [2.24, 2.45) is 12.8 Å². The number of carboxylic acids is 1. The van der Waals surface area contributed by atoms with Crippen LogP contribution in [0.5, 0.6) is 0 Å². The van der Waals surface area contributed by atoms with Crippen LogP contribution in [-0.2, 0) is 16.6 Å². The van der Waals surface area contributed by atoms with E-state index in [1.165, 1.54) is 39.8 Å². The number of amides is 1. The fourth-order valence-corrected chi connectivity index (χ4v) is 6.19. The Bertz CT molecular complexity index is 935. The summed E-state index contributed by atoms with van der Waals surface area (Å²) < 4.78 is 2.69. The van der Waals surface area contributed by atoms with Crippen LogP contribution in [0.2, 0.25) is 0 Å². The third-order valence-corrected chi connectivity index (χ3v) is 7.65. The van der Waals surface area contributed by atoms with Gasteiger partial charge in [0.05, 0.1) is 5.69 Å². The van der Waals surface area contributed by atoms with Crippen LogP contribution in [0.4, 0.5) is 0 Å². The summed E-state index contributed by atoms with van der Waals surface area (Å²) in [5, 5.41) is 11.3. The number of aliphatic carboxylic acids is 1. The van der Waals surface area contributed by atoms with Gasteiger partial charge in [0.15, 0.2) is 16.7 Å². The molecule has 0 aliphatic carbocycles. The Morgan fingerprint density at radius 2 is 2.11 bits per heavy atom. The highest BCUT2D eigenvalue weighted by atomic mass is 35.5. The number of β-lactam (4-membered cyclic amide) rings is 1. The van der Waals surface area contributed by atoms with Crippen LogP contribution in [0, 0.1) is 0 Å². The Kier molecular flexibility index (Phi) is 7.40. The van der Waals surface area contributed by atoms with E-state index in [0.717, 1.165) is 15.6 Å². The topological polar surface area (TPSA) is 100 Å². The summed E-state index contributed by atoms with van der Waals surface area (Å²) in [5.41, 5.74) is 7.65. The minimum absolute atomic E-state index is 0. The van der Waals surface area contributed by atoms with Gasteiger partial charge in [-0.3, -0.25) is 9.69 Å². The number of aromatic nitrogens is 2. The van der Waals surface area contributed by atoms with E-state index in [2.05, 4.69) is 4.98 Å². The van der Waals surface area contributed by atoms with Crippen molar-refractivity contribution in [3.05, 3.63) is 40.5 Å². The van der Waals surface area contributed by atoms with Gasteiger partial charge in [-0.2, -0.15) is 0 Å². The van der Waals surface area contributed by atoms with Crippen molar-refractivity contribution in [1.29, 1.82) is 0 Å². The van der Waals surface area contributed by atoms with Gasteiger partial charge in [0.1, 0.15) is 24.2 Å². The molecule has 4 rings (SSSR count). The highest BCUT2D eigenvalue weighted by molar-refractivity contribution is 8.07. The first-order valence-electron chi connectivity index (χ1n) is 7.71. The predicted octanol–water partition coefficient (Wildman–Crippen LogP) is -1.31. The predicted molar refractivity (Wildman–Crippen MR) is 108 cm³/mol. The molecule has 0 spiro atoms. The summed E-state index contributed by atoms with van der Waals surface area (Å²) in [5.74, 6) is -0.940. The van der Waals surface area contributed by atoms with Crippen LogP contribution >= 0.6 is 47.3 Å². The first kappa shape index (κ1) is 23.0. The molecule has 4 heterocycles. The molecule has 2 aliphatic rings. The van der Waals surface area contributed by atoms with E-state index in [-0.39, 0.29) is 41.8 Å². The van der Waals surface area contributed by atoms with E-state index in [1.54, 1.807) is 0 Å². The van der Waals surface area contributed by atoms with Gasteiger partial charge in [-0.1, -0.05) is 11.8 Å². The standard InChI is InChI=1S/C16H14N4O3S3.2ClH/c1-19-4-2-8(3-5-19)9-6-25-16(18-9)26-10-7-24-14-11(17)13(21)20(14)12(10)15(22)23;;/h2-6,11,14H,7,17H2,1H3;2*1H/t11-,14-;;/m1../s1. The summed E-state index contributed by atoms with van der Waals surface area (Å²) in [6.45, 7) is 0. The number of rotatable bonds is 4. The van der Waals surface area contributed by atoms with E-state index >= 15 is 0 Å². The molecule has 1 amide bonds. The number of thiazole rings is 1. The monoisotopic (exact) mass is 478 g/mol. The Hall–Kier alpha value is -1.30. The van der Waals surface area contributed by atoms with Gasteiger partial charge < -0.3 is 23.2 Å². The molecule has 2 aromatic rings. The smallest absolute Gasteiger partial charge is 0.353 e. The van der Waals surface area contributed by atoms with Crippen molar-refractivity contribution < 1.29 is 31.7 Å². The number of nitrogens with two attached hydrogens (primary N) is 1. The zero-order valence-electron chi connectivity index (χ0n) is 14.4. The van der Waals surface area contributed by atoms with Gasteiger partial charge in [0.25, 0.3) is 0 Å². The Morgan fingerprint density at radius 1 is 1.43 bits per heavy atom. The fraction of sp³-hybridized carbons (Fsp3) is 0.250. The molecular weight excluding hydrogens is 463 g/mol. The molecule has 12 heteroatoms. The van der Waals surface area contributed by atoms with Crippen molar-refractivity contribution in [2.45, 2.75) is 15.8 Å². The van der Waals surface area contributed by atoms with Crippen molar-refractivity contribution in [3.8, 4) is 11.3 Å². The number of carbonyl (C=O) groups is 2. The summed E-state index contributed by atoms with van der Waals surface area (Å²) >= 11 is 4.26. The number of thioether (sulfide) groups is 2. The first-order valence-corrected chi connectivity index (χ1v) is 10.5. The maximum atomic E-state index is 12.0. The lowest BCUT2D eigenvalue weighted by atomic mass is 10.1. The second-order valence-corrected chi connectivity index (χ2v) is 9.17. The first-order chi connectivity index (χ1) is 12.5. The van der Waals surface area contributed by atoms with E-state index in [1.807, 2.05) is 41.5 Å². The van der Waals surface area contributed by atoms with Gasteiger partial charge in [-0.25, -0.2) is 14.3 Å². The Morgan fingerprint density at radius 3 is 2.75 bits per heavy atom. The molecule has 0 saturated carbocycles. The van der Waals surface area contributed by atoms with Crippen molar-refractivity contribution in [2.75, 3.05) is 5.75 Å². The molecular formula is C16H16Cl2N4O3S3. The van der Waals surface area contributed by atoms with Gasteiger partial charge in [-0.05, 0) is 0 Å². The maximum Gasteiger partial charge on any atom is 0.353 e. The lowest BCUT2D eigenvalue weighted by Gasteiger charge is -2.47. The Balaban J connectivity index is 0.00000140. The molecule has 0 bridgehead atoms. The molecule has 7 nitrogen and oxygen atoms in total. The zero-order chi connectivity index (χ0) is 18.4. The number of carboxylic acid groups (broad SMARTS) is 1. The quantitative estimate of drug-likeness (QED) is 0.415. The summed E-state index contributed by atoms with van der Waals surface area (Å²) in [6, 6.07) is 3.34. The number of halogens is 2. The summed E-state index contributed by atoms with van der Waals surface area (Å²) in [7, 11) is 1.95. The average Bonchev–Trinajstić information content (AvgIpc) is 3.09. The second kappa shape index (κ2) is 9.02. The van der Waals surface area contributed by atoms with Gasteiger partial charge in [0, 0.05) is 33.7 Å². The lowest BCUT2D eigenvalue weighted by molar-refractivity contribution is -0.671. The van der Waals surface area contributed by atoms with Crippen molar-refractivity contribution >= 4 is 59.1 Å². The van der Waals surface area contributed by atoms with Crippen molar-refractivity contribution in [1.82, 2.24) is 9.88 Å². The largest absolute Gasteiger partial charge is 1.00 e. The minimum atomic E-state index is -1.11. The molecule has 0 aromatic carbocycles. The molecule has 3 N–H and O–H groups in total. The number of fused-ring (bicyclic) bond motifs is 1. The lowest BCUT2D eigenvalue weighted by Crippen LogP contribution is -3.00. The van der Waals surface area contributed by atoms with E-state index in [0.29, 0.717) is 10.7 Å². The van der Waals surface area contributed by atoms with E-state index in [9.17, 15) is 14.7 Å². The number of carbonyl (C=O) groups excluding carboxylic acids is 1.